The van der Waals surface area contributed by atoms with E-state index in [-0.39, 0.29) is 11.4 Å². The molecule has 3 atom stereocenters. The van der Waals surface area contributed by atoms with Gasteiger partial charge in [0.1, 0.15) is 0 Å². The van der Waals surface area contributed by atoms with Crippen LogP contribution in [0.15, 0.2) is 23.1 Å². The molecule has 0 aliphatic heterocycles. The molecular formula is C12H17ClO2S. The number of hydrogen-bond donors (Lipinski definition) is 2. The Morgan fingerprint density at radius 3 is 2.25 bits per heavy atom. The predicted molar refractivity (Wildman–Crippen MR) is 69.1 cm³/mol. The largest absolute Gasteiger partial charge is 0.392 e. The molecule has 0 bridgehead atoms. The second kappa shape index (κ2) is 5.92. The lowest BCUT2D eigenvalue weighted by Gasteiger charge is -2.15. The Hall–Kier alpha value is -0.220. The smallest absolute Gasteiger partial charge is 0.0776 e. The van der Waals surface area contributed by atoms with Crippen molar-refractivity contribution in [2.75, 3.05) is 0 Å². The van der Waals surface area contributed by atoms with E-state index in [9.17, 15) is 10.2 Å². The highest BCUT2D eigenvalue weighted by Crippen LogP contribution is 2.31. The fraction of sp³-hybridized carbons (Fsp3) is 0.500. The number of rotatable bonds is 4. The van der Waals surface area contributed by atoms with E-state index in [4.69, 9.17) is 11.6 Å². The molecule has 0 spiro atoms. The first-order valence-corrected chi connectivity index (χ1v) is 6.49. The van der Waals surface area contributed by atoms with Crippen LogP contribution in [0.1, 0.15) is 32.4 Å². The van der Waals surface area contributed by atoms with E-state index in [2.05, 4.69) is 0 Å². The molecule has 0 aliphatic carbocycles. The van der Waals surface area contributed by atoms with Gasteiger partial charge in [0, 0.05) is 15.2 Å². The van der Waals surface area contributed by atoms with Crippen molar-refractivity contribution >= 4 is 23.4 Å². The third-order valence-corrected chi connectivity index (χ3v) is 4.04. The van der Waals surface area contributed by atoms with Crippen LogP contribution in [0.4, 0.5) is 0 Å². The molecule has 0 radical (unpaired) electrons. The zero-order valence-electron chi connectivity index (χ0n) is 9.64. The number of halogens is 1. The summed E-state index contributed by atoms with van der Waals surface area (Å²) < 4.78 is 0. The Morgan fingerprint density at radius 2 is 1.81 bits per heavy atom. The van der Waals surface area contributed by atoms with Crippen molar-refractivity contribution in [2.24, 2.45) is 0 Å². The lowest BCUT2D eigenvalue weighted by Crippen LogP contribution is -2.14. The number of aliphatic hydroxyl groups is 2. The Balaban J connectivity index is 2.81. The van der Waals surface area contributed by atoms with Crippen LogP contribution in [-0.4, -0.2) is 21.6 Å². The van der Waals surface area contributed by atoms with Gasteiger partial charge in [-0.2, -0.15) is 0 Å². The highest BCUT2D eigenvalue weighted by molar-refractivity contribution is 8.00. The van der Waals surface area contributed by atoms with E-state index in [0.717, 1.165) is 10.5 Å². The molecule has 0 aliphatic rings. The number of benzene rings is 1. The molecule has 1 rings (SSSR count). The lowest BCUT2D eigenvalue weighted by atomic mass is 10.1. The summed E-state index contributed by atoms with van der Waals surface area (Å²) in [5.41, 5.74) is 0.732. The summed E-state index contributed by atoms with van der Waals surface area (Å²) in [7, 11) is 0. The highest BCUT2D eigenvalue weighted by atomic mass is 35.5. The van der Waals surface area contributed by atoms with E-state index in [1.807, 2.05) is 25.1 Å². The van der Waals surface area contributed by atoms with Crippen LogP contribution < -0.4 is 0 Å². The molecule has 0 saturated heterocycles. The average molecular weight is 261 g/mol. The lowest BCUT2D eigenvalue weighted by molar-refractivity contribution is 0.196. The Morgan fingerprint density at radius 1 is 1.19 bits per heavy atom. The first-order chi connectivity index (χ1) is 7.41. The van der Waals surface area contributed by atoms with Gasteiger partial charge in [0.2, 0.25) is 0 Å². The summed E-state index contributed by atoms with van der Waals surface area (Å²) in [6.45, 7) is 5.42. The van der Waals surface area contributed by atoms with Gasteiger partial charge >= 0.3 is 0 Å². The summed E-state index contributed by atoms with van der Waals surface area (Å²) in [4.78, 5) is 1.00. The van der Waals surface area contributed by atoms with Gasteiger partial charge < -0.3 is 10.2 Å². The fourth-order valence-corrected chi connectivity index (χ4v) is 2.59. The molecule has 0 amide bonds. The van der Waals surface area contributed by atoms with Crippen molar-refractivity contribution in [3.63, 3.8) is 0 Å². The molecule has 1 aromatic carbocycles. The quantitative estimate of drug-likeness (QED) is 0.817. The molecule has 0 saturated carbocycles. The van der Waals surface area contributed by atoms with E-state index < -0.39 is 6.10 Å². The average Bonchev–Trinajstić information content (AvgIpc) is 2.16. The van der Waals surface area contributed by atoms with Gasteiger partial charge in [-0.3, -0.25) is 0 Å². The number of hydrogen-bond acceptors (Lipinski definition) is 3. The van der Waals surface area contributed by atoms with E-state index in [0.29, 0.717) is 5.02 Å². The second-order valence-electron chi connectivity index (χ2n) is 3.92. The minimum absolute atomic E-state index is 0.119. The maximum absolute atomic E-state index is 9.43. The minimum atomic E-state index is -0.555. The van der Waals surface area contributed by atoms with Crippen LogP contribution in [-0.2, 0) is 0 Å². The zero-order valence-corrected chi connectivity index (χ0v) is 11.2. The van der Waals surface area contributed by atoms with Gasteiger partial charge in [0.15, 0.2) is 0 Å². The molecular weight excluding hydrogens is 244 g/mol. The van der Waals surface area contributed by atoms with Gasteiger partial charge in [-0.15, -0.1) is 11.8 Å². The van der Waals surface area contributed by atoms with Crippen LogP contribution in [0.2, 0.25) is 5.02 Å². The minimum Gasteiger partial charge on any atom is -0.392 e. The highest BCUT2D eigenvalue weighted by Gasteiger charge is 2.12. The Kier molecular flexibility index (Phi) is 5.12. The van der Waals surface area contributed by atoms with Crippen LogP contribution in [0.25, 0.3) is 0 Å². The van der Waals surface area contributed by atoms with Crippen molar-refractivity contribution < 1.29 is 10.2 Å². The molecule has 4 heteroatoms. The van der Waals surface area contributed by atoms with Gasteiger partial charge in [0.05, 0.1) is 12.2 Å². The van der Waals surface area contributed by atoms with Crippen molar-refractivity contribution in [2.45, 2.75) is 43.1 Å². The monoisotopic (exact) mass is 260 g/mol. The molecule has 1 aromatic rings. The molecule has 0 heterocycles. The van der Waals surface area contributed by atoms with E-state index in [1.54, 1.807) is 25.6 Å². The first-order valence-electron chi connectivity index (χ1n) is 5.24. The topological polar surface area (TPSA) is 40.5 Å². The van der Waals surface area contributed by atoms with Gasteiger partial charge in [-0.1, -0.05) is 24.6 Å². The molecule has 2 nitrogen and oxygen atoms in total. The summed E-state index contributed by atoms with van der Waals surface area (Å²) in [6, 6.07) is 5.56. The first kappa shape index (κ1) is 13.8. The standard InChI is InChI=1S/C12H17ClO2S/c1-7(14)9(3)16-10-4-5-11(8(2)15)12(13)6-10/h4-9,14-15H,1-3H3. The molecule has 3 unspecified atom stereocenters. The SMILES string of the molecule is CC(O)c1ccc(SC(C)C(C)O)cc1Cl. The Labute approximate surface area is 106 Å². The van der Waals surface area contributed by atoms with Crippen LogP contribution >= 0.6 is 23.4 Å². The maximum Gasteiger partial charge on any atom is 0.0776 e. The molecule has 0 aromatic heterocycles. The number of aliphatic hydroxyl groups excluding tert-OH is 2. The third-order valence-electron chi connectivity index (χ3n) is 2.42. The van der Waals surface area contributed by atoms with Crippen LogP contribution in [0.5, 0.6) is 0 Å². The maximum atomic E-state index is 9.43. The molecule has 0 fully saturated rings. The summed E-state index contributed by atoms with van der Waals surface area (Å²) in [5.74, 6) is 0. The summed E-state index contributed by atoms with van der Waals surface area (Å²) >= 11 is 7.62. The summed E-state index contributed by atoms with van der Waals surface area (Å²) in [6.07, 6.45) is -0.916. The van der Waals surface area contributed by atoms with Crippen molar-refractivity contribution in [3.8, 4) is 0 Å². The molecule has 2 N–H and O–H groups in total. The number of thioether (sulfide) groups is 1. The Bertz CT molecular complexity index is 353. The zero-order chi connectivity index (χ0) is 12.3. The van der Waals surface area contributed by atoms with Gasteiger partial charge in [0.25, 0.3) is 0 Å². The second-order valence-corrected chi connectivity index (χ2v) is 5.78. The molecule has 90 valence electrons. The van der Waals surface area contributed by atoms with E-state index >= 15 is 0 Å². The predicted octanol–water partition coefficient (Wildman–Crippen LogP) is 3.25. The van der Waals surface area contributed by atoms with Gasteiger partial charge in [-0.05, 0) is 31.5 Å². The van der Waals surface area contributed by atoms with Gasteiger partial charge in [-0.25, -0.2) is 0 Å². The fourth-order valence-electron chi connectivity index (χ4n) is 1.23. The van der Waals surface area contributed by atoms with Crippen LogP contribution in [0.3, 0.4) is 0 Å². The third kappa shape index (κ3) is 3.67. The molecule has 16 heavy (non-hydrogen) atoms. The van der Waals surface area contributed by atoms with E-state index in [1.165, 1.54) is 0 Å². The van der Waals surface area contributed by atoms with Crippen molar-refractivity contribution in [1.82, 2.24) is 0 Å². The van der Waals surface area contributed by atoms with Crippen molar-refractivity contribution in [3.05, 3.63) is 28.8 Å². The van der Waals surface area contributed by atoms with Crippen LogP contribution in [0, 0.1) is 0 Å². The normalized spacial score (nSPS) is 16.9. The van der Waals surface area contributed by atoms with Crippen molar-refractivity contribution in [1.29, 1.82) is 0 Å². The summed E-state index contributed by atoms with van der Waals surface area (Å²) in [5, 5.41) is 19.5.